The molecule has 57 heavy (non-hydrogen) atoms. The van der Waals surface area contributed by atoms with Gasteiger partial charge in [-0.2, -0.15) is 0 Å². The van der Waals surface area contributed by atoms with Crippen LogP contribution in [0, 0.1) is 16.7 Å². The van der Waals surface area contributed by atoms with Gasteiger partial charge < -0.3 is 9.47 Å². The molecular weight excluding hydrogens is 689 g/mol. The number of anilines is 3. The van der Waals surface area contributed by atoms with Crippen LogP contribution in [0.1, 0.15) is 46.1 Å². The molecule has 1 fully saturated rings. The van der Waals surface area contributed by atoms with Crippen molar-refractivity contribution < 1.29 is 0 Å². The van der Waals surface area contributed by atoms with Crippen LogP contribution in [0.15, 0.2) is 194 Å². The van der Waals surface area contributed by atoms with Crippen LogP contribution in [-0.2, 0) is 0 Å². The number of nitrogens with zero attached hydrogens (tertiary/aromatic N) is 2. The van der Waals surface area contributed by atoms with E-state index in [0.717, 1.165) is 23.5 Å². The fraction of sp³-hybridized carbons (Fsp3) is 0.164. The highest BCUT2D eigenvalue weighted by Gasteiger charge is 2.49. The monoisotopic (exact) mass is 736 g/mol. The van der Waals surface area contributed by atoms with Gasteiger partial charge in [0.2, 0.25) is 0 Å². The van der Waals surface area contributed by atoms with E-state index in [9.17, 15) is 0 Å². The van der Waals surface area contributed by atoms with Gasteiger partial charge in [0.1, 0.15) is 0 Å². The molecule has 10 rings (SSSR count). The Hall–Kier alpha value is -6.38. The average Bonchev–Trinajstić information content (AvgIpc) is 3.68. The molecule has 0 saturated heterocycles. The van der Waals surface area contributed by atoms with Gasteiger partial charge in [0.05, 0.1) is 11.0 Å². The summed E-state index contributed by atoms with van der Waals surface area (Å²) in [5.41, 5.74) is 16.6. The van der Waals surface area contributed by atoms with E-state index in [1.165, 1.54) is 67.3 Å². The van der Waals surface area contributed by atoms with Crippen molar-refractivity contribution in [2.75, 3.05) is 4.90 Å². The maximum Gasteiger partial charge on any atom is 0.0561 e. The minimum absolute atomic E-state index is 0.186. The van der Waals surface area contributed by atoms with Gasteiger partial charge >= 0.3 is 0 Å². The first kappa shape index (κ1) is 35.1. The Morgan fingerprint density at radius 1 is 0.491 bits per heavy atom. The fourth-order valence-corrected chi connectivity index (χ4v) is 10.4. The first-order chi connectivity index (χ1) is 27.7. The summed E-state index contributed by atoms with van der Waals surface area (Å²) in [6, 6.07) is 64.3. The summed E-state index contributed by atoms with van der Waals surface area (Å²) in [5, 5.41) is 2.50. The first-order valence-electron chi connectivity index (χ1n) is 20.4. The molecule has 1 saturated carbocycles. The maximum atomic E-state index is 2.46. The summed E-state index contributed by atoms with van der Waals surface area (Å²) in [7, 11) is 0. The lowest BCUT2D eigenvalue weighted by atomic mass is 9.74. The minimum Gasteiger partial charge on any atom is -0.310 e. The number of hydrogen-bond acceptors (Lipinski definition) is 1. The predicted octanol–water partition coefficient (Wildman–Crippen LogP) is 15.4. The lowest BCUT2D eigenvalue weighted by Crippen LogP contribution is -2.19. The molecule has 2 aliphatic rings. The highest BCUT2D eigenvalue weighted by molar-refractivity contribution is 6.10. The molecule has 8 aromatic rings. The summed E-state index contributed by atoms with van der Waals surface area (Å²) in [6.45, 7) is 9.82. The molecule has 0 bridgehead atoms. The van der Waals surface area contributed by atoms with Crippen molar-refractivity contribution >= 4 is 44.4 Å². The van der Waals surface area contributed by atoms with Crippen LogP contribution in [0.25, 0.3) is 55.3 Å². The van der Waals surface area contributed by atoms with Crippen LogP contribution in [0.3, 0.4) is 0 Å². The third-order valence-corrected chi connectivity index (χ3v) is 12.7. The molecular formula is C55H48N2. The van der Waals surface area contributed by atoms with Crippen molar-refractivity contribution in [2.24, 2.45) is 16.7 Å². The topological polar surface area (TPSA) is 8.17 Å². The maximum absolute atomic E-state index is 2.46. The third kappa shape index (κ3) is 6.12. The van der Waals surface area contributed by atoms with E-state index in [2.05, 4.69) is 225 Å². The molecule has 1 heterocycles. The molecule has 2 heteroatoms. The van der Waals surface area contributed by atoms with Crippen LogP contribution in [-0.4, -0.2) is 4.57 Å². The number of hydrogen-bond donors (Lipinski definition) is 0. The van der Waals surface area contributed by atoms with E-state index in [1.54, 1.807) is 5.57 Å². The minimum atomic E-state index is 0.186. The second-order valence-corrected chi connectivity index (χ2v) is 17.3. The summed E-state index contributed by atoms with van der Waals surface area (Å²) >= 11 is 0. The van der Waals surface area contributed by atoms with E-state index in [-0.39, 0.29) is 5.41 Å². The Morgan fingerprint density at radius 3 is 1.61 bits per heavy atom. The zero-order valence-corrected chi connectivity index (χ0v) is 33.3. The SMILES string of the molecule is CC1(C)CC(C)(C)C2CC=CC(c3ccc(-n4c5ccccc5c5ccc(N(c6ccc(-c7ccccc7)cc6)c6ccc(-c7ccccc7)cc6)cc54)cc3)=C21. The highest BCUT2D eigenvalue weighted by Crippen LogP contribution is 2.61. The van der Waals surface area contributed by atoms with Gasteiger partial charge in [-0.3, -0.25) is 0 Å². The Morgan fingerprint density at radius 2 is 1.00 bits per heavy atom. The van der Waals surface area contributed by atoms with E-state index in [1.807, 2.05) is 0 Å². The molecule has 278 valence electrons. The average molecular weight is 737 g/mol. The van der Waals surface area contributed by atoms with Crippen molar-refractivity contribution in [1.29, 1.82) is 0 Å². The Bertz CT molecular complexity index is 2720. The number of fused-ring (bicyclic) bond motifs is 4. The van der Waals surface area contributed by atoms with Crippen molar-refractivity contribution in [2.45, 2.75) is 40.5 Å². The number of allylic oxidation sites excluding steroid dienone is 4. The molecule has 0 spiro atoms. The highest BCUT2D eigenvalue weighted by atomic mass is 15.1. The van der Waals surface area contributed by atoms with Gasteiger partial charge in [-0.05, 0) is 118 Å². The lowest BCUT2D eigenvalue weighted by molar-refractivity contribution is 0.257. The van der Waals surface area contributed by atoms with E-state index < -0.39 is 0 Å². The Labute approximate surface area is 337 Å². The van der Waals surface area contributed by atoms with Crippen molar-refractivity contribution in [3.63, 3.8) is 0 Å². The van der Waals surface area contributed by atoms with Gasteiger partial charge in [0.15, 0.2) is 0 Å². The number of benzene rings is 7. The molecule has 0 radical (unpaired) electrons. The van der Waals surface area contributed by atoms with Crippen molar-refractivity contribution in [1.82, 2.24) is 4.57 Å². The fourth-order valence-electron chi connectivity index (χ4n) is 10.4. The molecule has 0 amide bonds. The van der Waals surface area contributed by atoms with Crippen LogP contribution in [0.4, 0.5) is 17.1 Å². The molecule has 2 aliphatic carbocycles. The summed E-state index contributed by atoms with van der Waals surface area (Å²) in [5.74, 6) is 0.593. The van der Waals surface area contributed by atoms with Gasteiger partial charge in [0, 0.05) is 33.5 Å². The Balaban J connectivity index is 1.10. The second-order valence-electron chi connectivity index (χ2n) is 17.3. The van der Waals surface area contributed by atoms with Gasteiger partial charge in [-0.1, -0.05) is 167 Å². The van der Waals surface area contributed by atoms with Crippen LogP contribution in [0.5, 0.6) is 0 Å². The lowest BCUT2D eigenvalue weighted by Gasteiger charge is -2.31. The smallest absolute Gasteiger partial charge is 0.0561 e. The summed E-state index contributed by atoms with van der Waals surface area (Å²) in [6.07, 6.45) is 7.16. The van der Waals surface area contributed by atoms with E-state index >= 15 is 0 Å². The largest absolute Gasteiger partial charge is 0.310 e. The van der Waals surface area contributed by atoms with Crippen LogP contribution < -0.4 is 4.90 Å². The van der Waals surface area contributed by atoms with Gasteiger partial charge in [0.25, 0.3) is 0 Å². The molecule has 7 aromatic carbocycles. The predicted molar refractivity (Wildman–Crippen MR) is 243 cm³/mol. The zero-order chi connectivity index (χ0) is 38.7. The first-order valence-corrected chi connectivity index (χ1v) is 20.4. The third-order valence-electron chi connectivity index (χ3n) is 12.7. The van der Waals surface area contributed by atoms with Crippen molar-refractivity contribution in [3.8, 4) is 27.9 Å². The van der Waals surface area contributed by atoms with E-state index in [4.69, 9.17) is 0 Å². The molecule has 1 aromatic heterocycles. The van der Waals surface area contributed by atoms with Crippen LogP contribution >= 0.6 is 0 Å². The number of para-hydroxylation sites is 1. The molecule has 2 nitrogen and oxygen atoms in total. The normalized spacial score (nSPS) is 16.9. The molecule has 1 unspecified atom stereocenters. The standard InChI is InChI=1S/C55H48N2/c1-54(2)37-55(3,4)53-47(19-13-20-50(53)54)42-26-32-45(33-27-42)57-51-21-12-11-18-48(51)49-35-34-46(36-52(49)57)56(43-28-22-40(23-29-43)38-14-7-5-8-15-38)44-30-24-41(25-31-44)39-16-9-6-10-17-39/h5-19,21-36,50H,20,37H2,1-4H3. The number of rotatable bonds is 7. The summed E-state index contributed by atoms with van der Waals surface area (Å²) in [4.78, 5) is 2.39. The second kappa shape index (κ2) is 13.7. The summed E-state index contributed by atoms with van der Waals surface area (Å²) < 4.78 is 2.45. The Kier molecular flexibility index (Phi) is 8.41. The quantitative estimate of drug-likeness (QED) is 0.158. The molecule has 1 atom stereocenters. The molecule has 0 N–H and O–H groups in total. The van der Waals surface area contributed by atoms with Crippen LogP contribution in [0.2, 0.25) is 0 Å². The van der Waals surface area contributed by atoms with Gasteiger partial charge in [-0.15, -0.1) is 0 Å². The molecule has 0 aliphatic heterocycles. The zero-order valence-electron chi connectivity index (χ0n) is 33.3. The van der Waals surface area contributed by atoms with Crippen molar-refractivity contribution in [3.05, 3.63) is 199 Å². The van der Waals surface area contributed by atoms with E-state index in [0.29, 0.717) is 11.3 Å². The van der Waals surface area contributed by atoms with Gasteiger partial charge in [-0.25, -0.2) is 0 Å². The number of aromatic nitrogens is 1.